The van der Waals surface area contributed by atoms with Gasteiger partial charge in [0.05, 0.1) is 13.7 Å². The highest BCUT2D eigenvalue weighted by Crippen LogP contribution is 2.28. The molecule has 1 aromatic rings. The molecule has 1 atom stereocenters. The molecule has 0 aliphatic carbocycles. The Morgan fingerprint density at radius 2 is 2.21 bits per heavy atom. The van der Waals surface area contributed by atoms with Crippen LogP contribution >= 0.6 is 23.5 Å². The molecular formula is C14H17NO2S2. The van der Waals surface area contributed by atoms with E-state index in [0.717, 1.165) is 22.2 Å². The first-order chi connectivity index (χ1) is 9.19. The summed E-state index contributed by atoms with van der Waals surface area (Å²) < 4.78 is 5.90. The number of aliphatic imine (C=N–C) groups is 1. The average Bonchev–Trinajstić information content (AvgIpc) is 2.92. The van der Waals surface area contributed by atoms with Crippen LogP contribution in [0, 0.1) is 6.92 Å². The van der Waals surface area contributed by atoms with Crippen molar-refractivity contribution in [2.45, 2.75) is 18.6 Å². The predicted octanol–water partition coefficient (Wildman–Crippen LogP) is 2.92. The van der Waals surface area contributed by atoms with Gasteiger partial charge in [-0.3, -0.25) is 9.79 Å². The second-order valence-corrected chi connectivity index (χ2v) is 6.85. The fraction of sp³-hybridized carbons (Fsp3) is 0.429. The van der Waals surface area contributed by atoms with Gasteiger partial charge in [0.15, 0.2) is 0 Å². The Kier molecular flexibility index (Phi) is 5.34. The lowest BCUT2D eigenvalue weighted by Gasteiger charge is -2.14. The van der Waals surface area contributed by atoms with Crippen LogP contribution in [0.5, 0.6) is 0 Å². The lowest BCUT2D eigenvalue weighted by atomic mass is 10.1. The van der Waals surface area contributed by atoms with Gasteiger partial charge in [-0.25, -0.2) is 0 Å². The highest BCUT2D eigenvalue weighted by atomic mass is 32.2. The summed E-state index contributed by atoms with van der Waals surface area (Å²) in [4.78, 5) is 16.2. The molecule has 0 aromatic heterocycles. The highest BCUT2D eigenvalue weighted by molar-refractivity contribution is 8.39. The second kappa shape index (κ2) is 7.01. The highest BCUT2D eigenvalue weighted by Gasteiger charge is 2.24. The number of aryl methyl sites for hydroxylation is 1. The molecule has 0 fully saturated rings. The van der Waals surface area contributed by atoms with Crippen molar-refractivity contribution in [3.05, 3.63) is 35.4 Å². The third kappa shape index (κ3) is 4.28. The molecule has 0 bridgehead atoms. The van der Waals surface area contributed by atoms with Gasteiger partial charge in [0.1, 0.15) is 9.63 Å². The van der Waals surface area contributed by atoms with Crippen molar-refractivity contribution in [1.82, 2.24) is 0 Å². The van der Waals surface area contributed by atoms with E-state index in [9.17, 15) is 4.79 Å². The largest absolute Gasteiger partial charge is 0.468 e. The number of rotatable bonds is 4. The number of hydrogen-bond donors (Lipinski definition) is 0. The van der Waals surface area contributed by atoms with Crippen molar-refractivity contribution in [1.29, 1.82) is 0 Å². The molecule has 0 spiro atoms. The fourth-order valence-electron chi connectivity index (χ4n) is 1.75. The molecule has 0 N–H and O–H groups in total. The van der Waals surface area contributed by atoms with Gasteiger partial charge in [-0.2, -0.15) is 0 Å². The minimum absolute atomic E-state index is 0.180. The first-order valence-corrected chi connectivity index (χ1v) is 8.03. The van der Waals surface area contributed by atoms with Gasteiger partial charge in [0.2, 0.25) is 0 Å². The summed E-state index contributed by atoms with van der Waals surface area (Å²) in [7, 11) is 1.44. The first-order valence-electron chi connectivity index (χ1n) is 6.16. The van der Waals surface area contributed by atoms with Crippen LogP contribution in [0.3, 0.4) is 0 Å². The smallest absolute Gasteiger partial charge is 0.319 e. The summed E-state index contributed by atoms with van der Waals surface area (Å²) in [5.41, 5.74) is 2.37. The van der Waals surface area contributed by atoms with Crippen LogP contribution in [0.25, 0.3) is 0 Å². The van der Waals surface area contributed by atoms with E-state index in [1.165, 1.54) is 24.4 Å². The van der Waals surface area contributed by atoms with Crippen molar-refractivity contribution >= 4 is 33.9 Å². The molecule has 1 aromatic carbocycles. The molecule has 102 valence electrons. The molecule has 0 amide bonds. The first kappa shape index (κ1) is 14.5. The SMILES string of the molecule is COC(=O)[C@@H](Cc1ccc(C)cc1)SC1=NCCS1. The minimum Gasteiger partial charge on any atom is -0.468 e. The number of hydrogen-bond acceptors (Lipinski definition) is 5. The van der Waals surface area contributed by atoms with Crippen molar-refractivity contribution in [2.24, 2.45) is 4.99 Å². The molecule has 1 aliphatic heterocycles. The molecule has 0 unspecified atom stereocenters. The van der Waals surface area contributed by atoms with Gasteiger partial charge >= 0.3 is 5.97 Å². The second-order valence-electron chi connectivity index (χ2n) is 4.32. The minimum atomic E-state index is -0.211. The Balaban J connectivity index is 2.04. The van der Waals surface area contributed by atoms with Crippen LogP contribution in [0.4, 0.5) is 0 Å². The maximum Gasteiger partial charge on any atom is 0.319 e. The van der Waals surface area contributed by atoms with E-state index >= 15 is 0 Å². The van der Waals surface area contributed by atoms with Gasteiger partial charge in [-0.15, -0.1) is 0 Å². The maximum atomic E-state index is 11.9. The predicted molar refractivity (Wildman–Crippen MR) is 83.0 cm³/mol. The van der Waals surface area contributed by atoms with E-state index in [-0.39, 0.29) is 11.2 Å². The molecule has 3 nitrogen and oxygen atoms in total. The molecular weight excluding hydrogens is 278 g/mol. The Bertz CT molecular complexity index is 471. The number of benzene rings is 1. The van der Waals surface area contributed by atoms with Crippen LogP contribution in [0.2, 0.25) is 0 Å². The zero-order valence-corrected chi connectivity index (χ0v) is 12.7. The van der Waals surface area contributed by atoms with E-state index in [2.05, 4.69) is 36.2 Å². The fourth-order valence-corrected chi connectivity index (χ4v) is 4.04. The molecule has 2 rings (SSSR count). The summed E-state index contributed by atoms with van der Waals surface area (Å²) in [5.74, 6) is 0.835. The van der Waals surface area contributed by atoms with Gasteiger partial charge in [-0.05, 0) is 18.9 Å². The van der Waals surface area contributed by atoms with Crippen molar-refractivity contribution in [2.75, 3.05) is 19.4 Å². The van der Waals surface area contributed by atoms with E-state index in [4.69, 9.17) is 4.74 Å². The Labute approximate surface area is 122 Å². The van der Waals surface area contributed by atoms with Gasteiger partial charge in [0, 0.05) is 5.75 Å². The third-order valence-corrected chi connectivity index (χ3v) is 5.19. The van der Waals surface area contributed by atoms with E-state index in [1.807, 2.05) is 0 Å². The zero-order valence-electron chi connectivity index (χ0n) is 11.1. The van der Waals surface area contributed by atoms with Crippen LogP contribution in [-0.4, -0.2) is 35.0 Å². The number of esters is 1. The van der Waals surface area contributed by atoms with E-state index < -0.39 is 0 Å². The van der Waals surface area contributed by atoms with Crippen molar-refractivity contribution < 1.29 is 9.53 Å². The standard InChI is InChI=1S/C14H17NO2S2/c1-10-3-5-11(6-4-10)9-12(13(16)17-2)19-14-15-7-8-18-14/h3-6,12H,7-9H2,1-2H3/t12-/m1/s1. The van der Waals surface area contributed by atoms with Crippen LogP contribution < -0.4 is 0 Å². The van der Waals surface area contributed by atoms with E-state index in [1.54, 1.807) is 11.8 Å². The summed E-state index contributed by atoms with van der Waals surface area (Å²) in [6.07, 6.45) is 0.678. The number of carbonyl (C=O) groups excluding carboxylic acids is 1. The van der Waals surface area contributed by atoms with Crippen molar-refractivity contribution in [3.63, 3.8) is 0 Å². The Hall–Kier alpha value is -0.940. The number of ether oxygens (including phenoxy) is 1. The Morgan fingerprint density at radius 3 is 2.79 bits per heavy atom. The summed E-state index contributed by atoms with van der Waals surface area (Å²) in [6.45, 7) is 2.91. The third-order valence-electron chi connectivity index (χ3n) is 2.81. The van der Waals surface area contributed by atoms with Crippen molar-refractivity contribution in [3.8, 4) is 0 Å². The summed E-state index contributed by atoms with van der Waals surface area (Å²) >= 11 is 3.24. The van der Waals surface area contributed by atoms with Crippen LogP contribution in [-0.2, 0) is 16.0 Å². The van der Waals surface area contributed by atoms with Crippen LogP contribution in [0.1, 0.15) is 11.1 Å². The molecule has 0 radical (unpaired) electrons. The summed E-state index contributed by atoms with van der Waals surface area (Å²) in [6, 6.07) is 8.26. The average molecular weight is 295 g/mol. The number of methoxy groups -OCH3 is 1. The van der Waals surface area contributed by atoms with Gasteiger partial charge in [0.25, 0.3) is 0 Å². The normalized spacial score (nSPS) is 16.0. The quantitative estimate of drug-likeness (QED) is 0.801. The van der Waals surface area contributed by atoms with E-state index in [0.29, 0.717) is 6.42 Å². The zero-order chi connectivity index (χ0) is 13.7. The monoisotopic (exact) mass is 295 g/mol. The molecule has 1 aliphatic rings. The molecule has 0 saturated carbocycles. The lowest BCUT2D eigenvalue weighted by Crippen LogP contribution is -2.22. The van der Waals surface area contributed by atoms with Gasteiger partial charge < -0.3 is 4.74 Å². The van der Waals surface area contributed by atoms with Gasteiger partial charge in [-0.1, -0.05) is 53.4 Å². The number of thioether (sulfide) groups is 2. The summed E-state index contributed by atoms with van der Waals surface area (Å²) in [5, 5.41) is -0.211. The maximum absolute atomic E-state index is 11.9. The molecule has 1 heterocycles. The van der Waals surface area contributed by atoms with Crippen LogP contribution in [0.15, 0.2) is 29.3 Å². The lowest BCUT2D eigenvalue weighted by molar-refractivity contribution is -0.139. The topological polar surface area (TPSA) is 38.7 Å². The Morgan fingerprint density at radius 1 is 1.47 bits per heavy atom. The molecule has 19 heavy (non-hydrogen) atoms. The number of carbonyl (C=O) groups is 1. The number of nitrogens with zero attached hydrogens (tertiary/aromatic N) is 1. The molecule has 0 saturated heterocycles. The molecule has 5 heteroatoms.